The standard InChI is InChI=1S/C15H26N2O/c1-15(2,11-16)10-14(17(3)4)12-7-6-8-13(9-12)18-5/h6-9,14H,10-11,16H2,1-5H3. The molecule has 0 aliphatic heterocycles. The normalized spacial score (nSPS) is 13.7. The Balaban J connectivity index is 2.97. The summed E-state index contributed by atoms with van der Waals surface area (Å²) in [7, 11) is 5.92. The Morgan fingerprint density at radius 3 is 2.50 bits per heavy atom. The molecule has 0 bridgehead atoms. The fourth-order valence-electron chi connectivity index (χ4n) is 2.05. The highest BCUT2D eigenvalue weighted by Gasteiger charge is 2.24. The van der Waals surface area contributed by atoms with Crippen LogP contribution in [0.1, 0.15) is 31.9 Å². The molecule has 0 aliphatic carbocycles. The summed E-state index contributed by atoms with van der Waals surface area (Å²) in [6.45, 7) is 5.12. The molecule has 1 rings (SSSR count). The monoisotopic (exact) mass is 250 g/mol. The first-order valence-corrected chi connectivity index (χ1v) is 6.40. The first-order chi connectivity index (χ1) is 8.39. The summed E-state index contributed by atoms with van der Waals surface area (Å²) in [6, 6.07) is 8.64. The summed E-state index contributed by atoms with van der Waals surface area (Å²) in [6.07, 6.45) is 1.03. The molecule has 0 spiro atoms. The van der Waals surface area contributed by atoms with Gasteiger partial charge >= 0.3 is 0 Å². The van der Waals surface area contributed by atoms with E-state index in [1.54, 1.807) is 7.11 Å². The van der Waals surface area contributed by atoms with Crippen molar-refractivity contribution in [1.29, 1.82) is 0 Å². The molecule has 3 nitrogen and oxygen atoms in total. The lowest BCUT2D eigenvalue weighted by Gasteiger charge is -2.33. The molecule has 1 unspecified atom stereocenters. The topological polar surface area (TPSA) is 38.5 Å². The smallest absolute Gasteiger partial charge is 0.119 e. The molecule has 1 atom stereocenters. The van der Waals surface area contributed by atoms with Gasteiger partial charge in [0.05, 0.1) is 7.11 Å². The van der Waals surface area contributed by atoms with Crippen LogP contribution in [0, 0.1) is 5.41 Å². The van der Waals surface area contributed by atoms with Gasteiger partial charge in [-0.1, -0.05) is 26.0 Å². The lowest BCUT2D eigenvalue weighted by Crippen LogP contribution is -2.31. The van der Waals surface area contributed by atoms with Gasteiger partial charge in [-0.3, -0.25) is 0 Å². The molecule has 3 heteroatoms. The van der Waals surface area contributed by atoms with Crippen LogP contribution in [0.5, 0.6) is 5.75 Å². The lowest BCUT2D eigenvalue weighted by atomic mass is 9.83. The number of nitrogens with zero attached hydrogens (tertiary/aromatic N) is 1. The largest absolute Gasteiger partial charge is 0.497 e. The maximum Gasteiger partial charge on any atom is 0.119 e. The molecular weight excluding hydrogens is 224 g/mol. The van der Waals surface area contributed by atoms with E-state index in [1.807, 2.05) is 12.1 Å². The Kier molecular flexibility index (Phi) is 5.17. The zero-order valence-electron chi connectivity index (χ0n) is 12.2. The summed E-state index contributed by atoms with van der Waals surface area (Å²) in [4.78, 5) is 2.24. The van der Waals surface area contributed by atoms with Crippen LogP contribution in [-0.4, -0.2) is 32.6 Å². The summed E-state index contributed by atoms with van der Waals surface area (Å²) >= 11 is 0. The molecule has 0 radical (unpaired) electrons. The molecule has 0 amide bonds. The summed E-state index contributed by atoms with van der Waals surface area (Å²) in [5.41, 5.74) is 7.26. The maximum atomic E-state index is 5.85. The summed E-state index contributed by atoms with van der Waals surface area (Å²) < 4.78 is 5.30. The molecule has 1 aromatic rings. The Hall–Kier alpha value is -1.06. The lowest BCUT2D eigenvalue weighted by molar-refractivity contribution is 0.202. The van der Waals surface area contributed by atoms with Gasteiger partial charge in [0.15, 0.2) is 0 Å². The van der Waals surface area contributed by atoms with Crippen molar-refractivity contribution in [2.24, 2.45) is 11.1 Å². The predicted octanol–water partition coefficient (Wildman–Crippen LogP) is 2.67. The number of benzene rings is 1. The summed E-state index contributed by atoms with van der Waals surface area (Å²) in [5.74, 6) is 0.907. The molecule has 1 aromatic carbocycles. The van der Waals surface area contributed by atoms with E-state index in [-0.39, 0.29) is 5.41 Å². The molecule has 0 aliphatic rings. The Morgan fingerprint density at radius 1 is 1.33 bits per heavy atom. The van der Waals surface area contributed by atoms with Gasteiger partial charge in [0.1, 0.15) is 5.75 Å². The van der Waals surface area contributed by atoms with Gasteiger partial charge < -0.3 is 15.4 Å². The van der Waals surface area contributed by atoms with Crippen LogP contribution in [0.25, 0.3) is 0 Å². The first kappa shape index (κ1) is 15.0. The van der Waals surface area contributed by atoms with Gasteiger partial charge in [-0.25, -0.2) is 0 Å². The maximum absolute atomic E-state index is 5.85. The molecule has 2 N–H and O–H groups in total. The average Bonchev–Trinajstić information content (AvgIpc) is 2.36. The highest BCUT2D eigenvalue weighted by molar-refractivity contribution is 5.30. The highest BCUT2D eigenvalue weighted by Crippen LogP contribution is 2.33. The molecule has 0 heterocycles. The minimum Gasteiger partial charge on any atom is -0.497 e. The van der Waals surface area contributed by atoms with Gasteiger partial charge in [0, 0.05) is 6.04 Å². The third-order valence-electron chi connectivity index (χ3n) is 3.40. The van der Waals surface area contributed by atoms with Crippen molar-refractivity contribution in [2.45, 2.75) is 26.3 Å². The van der Waals surface area contributed by atoms with Crippen molar-refractivity contribution in [2.75, 3.05) is 27.7 Å². The van der Waals surface area contributed by atoms with Crippen molar-refractivity contribution in [3.8, 4) is 5.75 Å². The average molecular weight is 250 g/mol. The second kappa shape index (κ2) is 6.21. The molecule has 0 fully saturated rings. The zero-order chi connectivity index (χ0) is 13.8. The van der Waals surface area contributed by atoms with Crippen molar-refractivity contribution in [1.82, 2.24) is 4.90 Å². The van der Waals surface area contributed by atoms with E-state index < -0.39 is 0 Å². The van der Waals surface area contributed by atoms with Crippen molar-refractivity contribution < 1.29 is 4.74 Å². The first-order valence-electron chi connectivity index (χ1n) is 6.40. The predicted molar refractivity (Wildman–Crippen MR) is 76.9 cm³/mol. The van der Waals surface area contributed by atoms with E-state index in [2.05, 4.69) is 45.0 Å². The molecular formula is C15H26N2O. The van der Waals surface area contributed by atoms with Crippen LogP contribution in [0.15, 0.2) is 24.3 Å². The molecule has 18 heavy (non-hydrogen) atoms. The van der Waals surface area contributed by atoms with E-state index >= 15 is 0 Å². The molecule has 0 saturated heterocycles. The zero-order valence-corrected chi connectivity index (χ0v) is 12.2. The second-order valence-electron chi connectivity index (χ2n) is 5.83. The minimum atomic E-state index is 0.137. The van der Waals surface area contributed by atoms with Crippen LogP contribution in [0.2, 0.25) is 0 Å². The van der Waals surface area contributed by atoms with E-state index in [1.165, 1.54) is 5.56 Å². The van der Waals surface area contributed by atoms with Crippen LogP contribution >= 0.6 is 0 Å². The number of rotatable bonds is 6. The highest BCUT2D eigenvalue weighted by atomic mass is 16.5. The SMILES string of the molecule is COc1cccc(C(CC(C)(C)CN)N(C)C)c1. The van der Waals surface area contributed by atoms with Gasteiger partial charge in [0.2, 0.25) is 0 Å². The van der Waals surface area contributed by atoms with Gasteiger partial charge in [0.25, 0.3) is 0 Å². The van der Waals surface area contributed by atoms with Crippen LogP contribution < -0.4 is 10.5 Å². The van der Waals surface area contributed by atoms with Crippen LogP contribution in [0.3, 0.4) is 0 Å². The quantitative estimate of drug-likeness (QED) is 0.843. The van der Waals surface area contributed by atoms with Crippen molar-refractivity contribution in [3.63, 3.8) is 0 Å². The van der Waals surface area contributed by atoms with Gasteiger partial charge in [-0.05, 0) is 50.2 Å². The third kappa shape index (κ3) is 4.00. The number of ether oxygens (including phenoxy) is 1. The van der Waals surface area contributed by atoms with E-state index in [9.17, 15) is 0 Å². The number of methoxy groups -OCH3 is 1. The van der Waals surface area contributed by atoms with Crippen molar-refractivity contribution >= 4 is 0 Å². The Bertz CT molecular complexity index is 375. The van der Waals surface area contributed by atoms with Crippen molar-refractivity contribution in [3.05, 3.63) is 29.8 Å². The fraction of sp³-hybridized carbons (Fsp3) is 0.600. The van der Waals surface area contributed by atoms with E-state index in [0.717, 1.165) is 12.2 Å². The number of hydrogen-bond acceptors (Lipinski definition) is 3. The Morgan fingerprint density at radius 2 is 2.00 bits per heavy atom. The number of nitrogens with two attached hydrogens (primary N) is 1. The van der Waals surface area contributed by atoms with Gasteiger partial charge in [-0.15, -0.1) is 0 Å². The molecule has 0 saturated carbocycles. The van der Waals surface area contributed by atoms with E-state index in [4.69, 9.17) is 10.5 Å². The van der Waals surface area contributed by atoms with E-state index in [0.29, 0.717) is 12.6 Å². The summed E-state index contributed by atoms with van der Waals surface area (Å²) in [5, 5.41) is 0. The molecule has 102 valence electrons. The van der Waals surface area contributed by atoms with Gasteiger partial charge in [-0.2, -0.15) is 0 Å². The van der Waals surface area contributed by atoms with Crippen LogP contribution in [-0.2, 0) is 0 Å². The second-order valence-corrected chi connectivity index (χ2v) is 5.83. The third-order valence-corrected chi connectivity index (χ3v) is 3.40. The minimum absolute atomic E-state index is 0.137. The fourth-order valence-corrected chi connectivity index (χ4v) is 2.05. The molecule has 0 aromatic heterocycles. The van der Waals surface area contributed by atoms with Crippen LogP contribution in [0.4, 0.5) is 0 Å². The Labute approximate surface area is 111 Å². The number of hydrogen-bond donors (Lipinski definition) is 1.